The number of aryl methyl sites for hydroxylation is 1. The SMILES string of the molecule is Cc1cc(C(F)(F)F)cc(N2C(=O)[C@H](O)[C@H](O)[C@@H]2C(=O)N(C)c2ccc(F)c(Cl)c2)n1. The van der Waals surface area contributed by atoms with Gasteiger partial charge in [0.25, 0.3) is 11.8 Å². The van der Waals surface area contributed by atoms with Gasteiger partial charge in [-0.15, -0.1) is 0 Å². The molecule has 2 amide bonds. The van der Waals surface area contributed by atoms with Gasteiger partial charge in [-0.05, 0) is 37.3 Å². The van der Waals surface area contributed by atoms with Crippen molar-refractivity contribution in [2.45, 2.75) is 31.3 Å². The van der Waals surface area contributed by atoms with Crippen LogP contribution in [0, 0.1) is 12.7 Å². The summed E-state index contributed by atoms with van der Waals surface area (Å²) in [5.74, 6) is -3.46. The molecule has 0 bridgehead atoms. The van der Waals surface area contributed by atoms with E-state index >= 15 is 0 Å². The number of likely N-dealkylation sites (N-methyl/N-ethyl adjacent to an activating group) is 1. The lowest BCUT2D eigenvalue weighted by atomic mass is 10.1. The number of rotatable bonds is 3. The van der Waals surface area contributed by atoms with Crippen molar-refractivity contribution in [2.24, 2.45) is 0 Å². The maximum atomic E-state index is 13.4. The number of amides is 2. The Morgan fingerprint density at radius 3 is 2.45 bits per heavy atom. The minimum atomic E-state index is -4.76. The molecule has 3 rings (SSSR count). The number of aliphatic hydroxyl groups excluding tert-OH is 2. The molecule has 0 saturated carbocycles. The Balaban J connectivity index is 2.05. The normalized spacial score (nSPS) is 21.5. The fourth-order valence-corrected chi connectivity index (χ4v) is 3.40. The van der Waals surface area contributed by atoms with E-state index in [1.165, 1.54) is 20.0 Å². The van der Waals surface area contributed by atoms with Gasteiger partial charge in [-0.25, -0.2) is 9.37 Å². The fraction of sp³-hybridized carbons (Fsp3) is 0.316. The van der Waals surface area contributed by atoms with Crippen molar-refractivity contribution in [1.82, 2.24) is 4.98 Å². The molecule has 7 nitrogen and oxygen atoms in total. The van der Waals surface area contributed by atoms with Crippen molar-refractivity contribution in [3.8, 4) is 0 Å². The minimum absolute atomic E-state index is 0.0885. The Morgan fingerprint density at radius 1 is 1.23 bits per heavy atom. The summed E-state index contributed by atoms with van der Waals surface area (Å²) in [7, 11) is 1.23. The standard InChI is InChI=1S/C19H16ClF4N3O4/c1-8-5-9(19(22,23)24)6-13(25-8)27-14(15(28)16(29)18(27)31)17(30)26(2)10-3-4-12(21)11(20)7-10/h3-7,14-16,28-29H,1-2H3/t14-,15-,16-/m1/s1. The number of aliphatic hydroxyl groups is 2. The summed E-state index contributed by atoms with van der Waals surface area (Å²) in [6, 6.07) is 2.82. The number of carbonyl (C=O) groups excluding carboxylic acids is 2. The highest BCUT2D eigenvalue weighted by Gasteiger charge is 2.52. The molecule has 0 unspecified atom stereocenters. The van der Waals surface area contributed by atoms with Gasteiger partial charge in [0, 0.05) is 18.4 Å². The van der Waals surface area contributed by atoms with Gasteiger partial charge < -0.3 is 15.1 Å². The first-order chi connectivity index (χ1) is 14.3. The molecular weight excluding hydrogens is 446 g/mol. The Labute approximate surface area is 178 Å². The van der Waals surface area contributed by atoms with Gasteiger partial charge in [0.15, 0.2) is 6.10 Å². The highest BCUT2D eigenvalue weighted by molar-refractivity contribution is 6.31. The van der Waals surface area contributed by atoms with Gasteiger partial charge in [0.2, 0.25) is 0 Å². The number of halogens is 5. The molecule has 2 aromatic rings. The van der Waals surface area contributed by atoms with Crippen LogP contribution in [0.25, 0.3) is 0 Å². The van der Waals surface area contributed by atoms with Crippen LogP contribution >= 0.6 is 11.6 Å². The molecule has 3 atom stereocenters. The second-order valence-corrected chi connectivity index (χ2v) is 7.34. The molecule has 1 fully saturated rings. The number of aromatic nitrogens is 1. The summed E-state index contributed by atoms with van der Waals surface area (Å²) >= 11 is 5.72. The van der Waals surface area contributed by atoms with Gasteiger partial charge in [0.05, 0.1) is 10.6 Å². The number of pyridine rings is 1. The smallest absolute Gasteiger partial charge is 0.387 e. The third-order valence-electron chi connectivity index (χ3n) is 4.80. The second-order valence-electron chi connectivity index (χ2n) is 6.94. The largest absolute Gasteiger partial charge is 0.416 e. The average molecular weight is 462 g/mol. The van der Waals surface area contributed by atoms with Gasteiger partial charge in [-0.1, -0.05) is 11.6 Å². The first-order valence-corrected chi connectivity index (χ1v) is 9.18. The van der Waals surface area contributed by atoms with Gasteiger partial charge in [-0.3, -0.25) is 14.5 Å². The lowest BCUT2D eigenvalue weighted by molar-refractivity contribution is -0.137. The van der Waals surface area contributed by atoms with Crippen LogP contribution in [0.15, 0.2) is 30.3 Å². The van der Waals surface area contributed by atoms with Gasteiger partial charge in [0.1, 0.15) is 23.8 Å². The highest BCUT2D eigenvalue weighted by atomic mass is 35.5. The highest BCUT2D eigenvalue weighted by Crippen LogP contribution is 2.35. The van der Waals surface area contributed by atoms with Crippen molar-refractivity contribution >= 4 is 34.9 Å². The predicted octanol–water partition coefficient (Wildman–Crippen LogP) is 2.30. The maximum Gasteiger partial charge on any atom is 0.416 e. The van der Waals surface area contributed by atoms with Gasteiger partial charge in [-0.2, -0.15) is 13.2 Å². The molecule has 1 saturated heterocycles. The summed E-state index contributed by atoms with van der Waals surface area (Å²) in [4.78, 5) is 30.9. The van der Waals surface area contributed by atoms with Crippen molar-refractivity contribution < 1.29 is 37.4 Å². The fourth-order valence-electron chi connectivity index (χ4n) is 3.22. The lowest BCUT2D eigenvalue weighted by Crippen LogP contribution is -2.50. The number of alkyl halides is 3. The number of carbonyl (C=O) groups is 2. The van der Waals surface area contributed by atoms with E-state index in [0.29, 0.717) is 11.0 Å². The van der Waals surface area contributed by atoms with Crippen molar-refractivity contribution in [3.05, 3.63) is 52.4 Å². The van der Waals surface area contributed by atoms with Crippen LogP contribution in [0.5, 0.6) is 0 Å². The zero-order valence-corrected chi connectivity index (χ0v) is 16.8. The van der Waals surface area contributed by atoms with Crippen LogP contribution in [-0.2, 0) is 15.8 Å². The second kappa shape index (κ2) is 8.06. The number of anilines is 2. The van der Waals surface area contributed by atoms with Crippen molar-refractivity contribution in [2.75, 3.05) is 16.8 Å². The molecule has 1 aliphatic rings. The lowest BCUT2D eigenvalue weighted by Gasteiger charge is -2.29. The van der Waals surface area contributed by atoms with Crippen LogP contribution in [0.3, 0.4) is 0 Å². The Hall–Kier alpha value is -2.76. The third-order valence-corrected chi connectivity index (χ3v) is 5.09. The maximum absolute atomic E-state index is 13.4. The summed E-state index contributed by atoms with van der Waals surface area (Å²) < 4.78 is 53.1. The number of hydrogen-bond donors (Lipinski definition) is 2. The van der Waals surface area contributed by atoms with Gasteiger partial charge >= 0.3 is 6.18 Å². The van der Waals surface area contributed by atoms with Crippen LogP contribution in [0.1, 0.15) is 11.3 Å². The van der Waals surface area contributed by atoms with E-state index in [0.717, 1.165) is 23.1 Å². The molecule has 2 heterocycles. The van der Waals surface area contributed by atoms with E-state index in [1.807, 2.05) is 0 Å². The van der Waals surface area contributed by atoms with Crippen LogP contribution < -0.4 is 9.80 Å². The topological polar surface area (TPSA) is 94.0 Å². The molecule has 1 aliphatic heterocycles. The molecule has 1 aromatic carbocycles. The number of benzene rings is 1. The molecule has 0 spiro atoms. The molecule has 1 aromatic heterocycles. The van der Waals surface area contributed by atoms with Crippen molar-refractivity contribution in [1.29, 1.82) is 0 Å². The number of nitrogens with zero attached hydrogens (tertiary/aromatic N) is 3. The molecule has 0 radical (unpaired) electrons. The predicted molar refractivity (Wildman–Crippen MR) is 102 cm³/mol. The Kier molecular flexibility index (Phi) is 5.96. The quantitative estimate of drug-likeness (QED) is 0.684. The van der Waals surface area contributed by atoms with Crippen LogP contribution in [0.4, 0.5) is 29.1 Å². The first-order valence-electron chi connectivity index (χ1n) is 8.80. The van der Waals surface area contributed by atoms with E-state index in [9.17, 15) is 37.4 Å². The number of hydrogen-bond acceptors (Lipinski definition) is 5. The van der Waals surface area contributed by atoms with E-state index in [2.05, 4.69) is 4.98 Å². The third kappa shape index (κ3) is 4.21. The first kappa shape index (κ1) is 22.9. The van der Waals surface area contributed by atoms with E-state index in [1.54, 1.807) is 0 Å². The summed E-state index contributed by atoms with van der Waals surface area (Å²) in [5.41, 5.74) is -1.13. The summed E-state index contributed by atoms with van der Waals surface area (Å²) in [6.45, 7) is 1.26. The Morgan fingerprint density at radius 2 is 1.87 bits per heavy atom. The van der Waals surface area contributed by atoms with E-state index < -0.39 is 53.4 Å². The summed E-state index contributed by atoms with van der Waals surface area (Å²) in [6.07, 6.45) is -8.77. The molecule has 12 heteroatoms. The molecule has 2 N–H and O–H groups in total. The minimum Gasteiger partial charge on any atom is -0.387 e. The van der Waals surface area contributed by atoms with Crippen molar-refractivity contribution in [3.63, 3.8) is 0 Å². The van der Waals surface area contributed by atoms with Crippen LogP contribution in [0.2, 0.25) is 5.02 Å². The Bertz CT molecular complexity index is 1050. The zero-order chi connectivity index (χ0) is 23.2. The average Bonchev–Trinajstić information content (AvgIpc) is 2.91. The molecule has 166 valence electrons. The molecule has 31 heavy (non-hydrogen) atoms. The summed E-state index contributed by atoms with van der Waals surface area (Å²) in [5, 5.41) is 20.0. The van der Waals surface area contributed by atoms with E-state index in [-0.39, 0.29) is 16.4 Å². The monoisotopic (exact) mass is 461 g/mol. The molecular formula is C19H16ClF4N3O4. The zero-order valence-electron chi connectivity index (χ0n) is 16.1. The van der Waals surface area contributed by atoms with Crippen LogP contribution in [-0.4, -0.2) is 52.3 Å². The van der Waals surface area contributed by atoms with E-state index in [4.69, 9.17) is 11.6 Å². The molecule has 0 aliphatic carbocycles.